The first-order valence-electron chi connectivity index (χ1n) is 5.58. The number of aryl methyl sites for hydroxylation is 1. The van der Waals surface area contributed by atoms with Gasteiger partial charge in [0.2, 0.25) is 0 Å². The highest BCUT2D eigenvalue weighted by Gasteiger charge is 2.27. The molecule has 6 heteroatoms. The molecule has 1 aliphatic heterocycles. The van der Waals surface area contributed by atoms with Crippen LogP contribution in [-0.4, -0.2) is 25.2 Å². The lowest BCUT2D eigenvalue weighted by Crippen LogP contribution is -2.30. The lowest BCUT2D eigenvalue weighted by Gasteiger charge is -2.22. The van der Waals surface area contributed by atoms with Gasteiger partial charge in [-0.05, 0) is 6.42 Å². The molecule has 0 fully saturated rings. The van der Waals surface area contributed by atoms with Gasteiger partial charge in [-0.25, -0.2) is 4.98 Å². The van der Waals surface area contributed by atoms with E-state index in [0.29, 0.717) is 12.2 Å². The van der Waals surface area contributed by atoms with Crippen LogP contribution in [0.4, 0.5) is 5.82 Å². The van der Waals surface area contributed by atoms with Gasteiger partial charge in [-0.2, -0.15) is 9.78 Å². The third kappa shape index (κ3) is 1.61. The molecule has 0 saturated heterocycles. The molecule has 1 unspecified atom stereocenters. The molecule has 0 aromatic carbocycles. The monoisotopic (exact) mass is 231 g/mol. The van der Waals surface area contributed by atoms with E-state index in [-0.39, 0.29) is 11.8 Å². The fourth-order valence-corrected chi connectivity index (χ4v) is 2.25. The van der Waals surface area contributed by atoms with E-state index < -0.39 is 0 Å². The largest absolute Gasteiger partial charge is 0.383 e. The standard InChI is InChI=1S/C11H13N5O/c12-10-1-3-14-16(10)11(17)8-2-4-15-7-13-6-9(15)5-8/h1,3,6-8H,2,4-5,12H2. The van der Waals surface area contributed by atoms with Gasteiger partial charge in [-0.15, -0.1) is 0 Å². The molecule has 17 heavy (non-hydrogen) atoms. The van der Waals surface area contributed by atoms with Crippen LogP contribution in [0.15, 0.2) is 24.8 Å². The number of rotatable bonds is 1. The Morgan fingerprint density at radius 2 is 2.41 bits per heavy atom. The molecule has 0 saturated carbocycles. The fourth-order valence-electron chi connectivity index (χ4n) is 2.25. The van der Waals surface area contributed by atoms with E-state index in [1.54, 1.807) is 18.6 Å². The lowest BCUT2D eigenvalue weighted by atomic mass is 9.95. The molecule has 0 radical (unpaired) electrons. The SMILES string of the molecule is Nc1ccnn1C(=O)C1CCn2cncc2C1. The molecule has 2 N–H and O–H groups in total. The smallest absolute Gasteiger partial charge is 0.252 e. The highest BCUT2D eigenvalue weighted by molar-refractivity contribution is 5.83. The van der Waals surface area contributed by atoms with Crippen molar-refractivity contribution in [3.05, 3.63) is 30.5 Å². The molecule has 0 amide bonds. The van der Waals surface area contributed by atoms with Gasteiger partial charge in [-0.1, -0.05) is 0 Å². The molecule has 3 rings (SSSR count). The molecule has 2 aromatic rings. The number of nitrogens with two attached hydrogens (primary N) is 1. The van der Waals surface area contributed by atoms with Gasteiger partial charge in [0.25, 0.3) is 5.91 Å². The molecule has 1 aliphatic rings. The summed E-state index contributed by atoms with van der Waals surface area (Å²) in [5.74, 6) is 0.315. The van der Waals surface area contributed by atoms with Crippen molar-refractivity contribution in [3.63, 3.8) is 0 Å². The van der Waals surface area contributed by atoms with Crippen LogP contribution in [0.3, 0.4) is 0 Å². The van der Waals surface area contributed by atoms with Gasteiger partial charge in [0, 0.05) is 36.8 Å². The minimum atomic E-state index is -0.0543. The Labute approximate surface area is 98.1 Å². The number of fused-ring (bicyclic) bond motifs is 1. The maximum Gasteiger partial charge on any atom is 0.252 e. The Balaban J connectivity index is 1.84. The first-order valence-corrected chi connectivity index (χ1v) is 5.58. The topological polar surface area (TPSA) is 78.7 Å². The summed E-state index contributed by atoms with van der Waals surface area (Å²) in [6, 6.07) is 1.63. The summed E-state index contributed by atoms with van der Waals surface area (Å²) in [4.78, 5) is 16.3. The molecule has 0 aliphatic carbocycles. The molecule has 0 bridgehead atoms. The highest BCUT2D eigenvalue weighted by Crippen LogP contribution is 2.22. The van der Waals surface area contributed by atoms with Crippen molar-refractivity contribution in [2.24, 2.45) is 5.92 Å². The van der Waals surface area contributed by atoms with Crippen molar-refractivity contribution in [2.75, 3.05) is 5.73 Å². The summed E-state index contributed by atoms with van der Waals surface area (Å²) in [6.07, 6.45) is 6.67. The number of anilines is 1. The number of nitrogens with zero attached hydrogens (tertiary/aromatic N) is 4. The maximum atomic E-state index is 12.2. The molecular weight excluding hydrogens is 218 g/mol. The minimum absolute atomic E-state index is 0.0278. The normalized spacial score (nSPS) is 18.9. The second kappa shape index (κ2) is 3.73. The Bertz CT molecular complexity index is 556. The summed E-state index contributed by atoms with van der Waals surface area (Å²) in [7, 11) is 0. The summed E-state index contributed by atoms with van der Waals surface area (Å²) in [6.45, 7) is 0.826. The van der Waals surface area contributed by atoms with Crippen LogP contribution < -0.4 is 5.73 Å². The number of aromatic nitrogens is 4. The average molecular weight is 231 g/mol. The van der Waals surface area contributed by atoms with Gasteiger partial charge in [0.15, 0.2) is 0 Å². The van der Waals surface area contributed by atoms with E-state index >= 15 is 0 Å². The number of carbonyl (C=O) groups excluding carboxylic acids is 1. The summed E-state index contributed by atoms with van der Waals surface area (Å²) < 4.78 is 3.37. The molecular formula is C11H13N5O. The summed E-state index contributed by atoms with van der Waals surface area (Å²) in [5.41, 5.74) is 6.78. The Morgan fingerprint density at radius 1 is 1.53 bits per heavy atom. The van der Waals surface area contributed by atoms with E-state index in [0.717, 1.165) is 18.7 Å². The zero-order valence-electron chi connectivity index (χ0n) is 9.28. The van der Waals surface area contributed by atoms with Crippen molar-refractivity contribution >= 4 is 11.7 Å². The Morgan fingerprint density at radius 3 is 3.18 bits per heavy atom. The number of hydrogen-bond donors (Lipinski definition) is 1. The van der Waals surface area contributed by atoms with Crippen molar-refractivity contribution in [1.29, 1.82) is 0 Å². The molecule has 1 atom stereocenters. The summed E-state index contributed by atoms with van der Waals surface area (Å²) in [5, 5.41) is 3.95. The van der Waals surface area contributed by atoms with E-state index in [4.69, 9.17) is 5.73 Å². The second-order valence-corrected chi connectivity index (χ2v) is 4.27. The molecule has 0 spiro atoms. The van der Waals surface area contributed by atoms with Crippen molar-refractivity contribution in [3.8, 4) is 0 Å². The number of nitrogen functional groups attached to an aromatic ring is 1. The van der Waals surface area contributed by atoms with Crippen LogP contribution in [0.1, 0.15) is 16.9 Å². The fraction of sp³-hybridized carbons (Fsp3) is 0.364. The van der Waals surface area contributed by atoms with Crippen molar-refractivity contribution < 1.29 is 4.79 Å². The van der Waals surface area contributed by atoms with Gasteiger partial charge >= 0.3 is 0 Å². The first-order chi connectivity index (χ1) is 8.25. The predicted molar refractivity (Wildman–Crippen MR) is 61.3 cm³/mol. The molecule has 3 heterocycles. The number of hydrogen-bond acceptors (Lipinski definition) is 4. The van der Waals surface area contributed by atoms with E-state index in [1.807, 2.05) is 6.20 Å². The van der Waals surface area contributed by atoms with Crippen molar-refractivity contribution in [1.82, 2.24) is 19.3 Å². The lowest BCUT2D eigenvalue weighted by molar-refractivity contribution is 0.0798. The van der Waals surface area contributed by atoms with E-state index in [1.165, 1.54) is 4.68 Å². The third-order valence-electron chi connectivity index (χ3n) is 3.20. The Hall–Kier alpha value is -2.11. The van der Waals surface area contributed by atoms with Crippen LogP contribution in [0.25, 0.3) is 0 Å². The zero-order valence-corrected chi connectivity index (χ0v) is 9.28. The van der Waals surface area contributed by atoms with Crippen LogP contribution in [0.5, 0.6) is 0 Å². The minimum Gasteiger partial charge on any atom is -0.383 e. The predicted octanol–water partition coefficient (Wildman–Crippen LogP) is 0.565. The molecule has 6 nitrogen and oxygen atoms in total. The van der Waals surface area contributed by atoms with Gasteiger partial charge < -0.3 is 10.3 Å². The quantitative estimate of drug-likeness (QED) is 0.778. The van der Waals surface area contributed by atoms with E-state index in [9.17, 15) is 4.79 Å². The zero-order chi connectivity index (χ0) is 11.8. The van der Waals surface area contributed by atoms with Crippen LogP contribution >= 0.6 is 0 Å². The first kappa shape index (κ1) is 10.1. The van der Waals surface area contributed by atoms with Gasteiger partial charge in [0.1, 0.15) is 5.82 Å². The maximum absolute atomic E-state index is 12.2. The highest BCUT2D eigenvalue weighted by atomic mass is 16.2. The van der Waals surface area contributed by atoms with Crippen LogP contribution in [-0.2, 0) is 13.0 Å². The summed E-state index contributed by atoms with van der Waals surface area (Å²) >= 11 is 0. The van der Waals surface area contributed by atoms with Crippen LogP contribution in [0, 0.1) is 5.92 Å². The van der Waals surface area contributed by atoms with Crippen LogP contribution in [0.2, 0.25) is 0 Å². The van der Waals surface area contributed by atoms with E-state index in [2.05, 4.69) is 14.6 Å². The number of carbonyl (C=O) groups is 1. The number of imidazole rings is 1. The molecule has 88 valence electrons. The van der Waals surface area contributed by atoms with Gasteiger partial charge in [-0.3, -0.25) is 4.79 Å². The molecule has 2 aromatic heterocycles. The third-order valence-corrected chi connectivity index (χ3v) is 3.20. The Kier molecular flexibility index (Phi) is 2.21. The van der Waals surface area contributed by atoms with Gasteiger partial charge in [0.05, 0.1) is 12.5 Å². The average Bonchev–Trinajstić information content (AvgIpc) is 2.95. The van der Waals surface area contributed by atoms with Crippen molar-refractivity contribution in [2.45, 2.75) is 19.4 Å². The second-order valence-electron chi connectivity index (χ2n) is 4.27.